The van der Waals surface area contributed by atoms with Crippen molar-refractivity contribution in [1.29, 1.82) is 0 Å². The summed E-state index contributed by atoms with van der Waals surface area (Å²) in [4.78, 5) is 4.93. The second kappa shape index (κ2) is 8.76. The highest BCUT2D eigenvalue weighted by atomic mass is 16.3. The molecule has 0 aliphatic carbocycles. The zero-order valence-corrected chi connectivity index (χ0v) is 14.1. The largest absolute Gasteiger partial charge is 0.465 e. The summed E-state index contributed by atoms with van der Waals surface area (Å²) in [6, 6.07) is 14.8. The molecule has 0 N–H and O–H groups in total. The van der Waals surface area contributed by atoms with E-state index in [1.54, 1.807) is 0 Å². The summed E-state index contributed by atoms with van der Waals surface area (Å²) in [5, 5.41) is 0. The van der Waals surface area contributed by atoms with Crippen LogP contribution in [0.4, 0.5) is 0 Å². The van der Waals surface area contributed by atoms with Gasteiger partial charge in [0.05, 0.1) is 6.54 Å². The Labute approximate surface area is 134 Å². The van der Waals surface area contributed by atoms with Crippen molar-refractivity contribution in [1.82, 2.24) is 9.80 Å². The second-order valence-corrected chi connectivity index (χ2v) is 5.74. The van der Waals surface area contributed by atoms with Gasteiger partial charge in [-0.3, -0.25) is 4.90 Å². The maximum atomic E-state index is 5.76. The molecule has 120 valence electrons. The lowest BCUT2D eigenvalue weighted by molar-refractivity contribution is 0.190. The van der Waals surface area contributed by atoms with Gasteiger partial charge in [-0.25, -0.2) is 0 Å². The summed E-state index contributed by atoms with van der Waals surface area (Å²) >= 11 is 0. The molecule has 0 bridgehead atoms. The van der Waals surface area contributed by atoms with E-state index in [0.29, 0.717) is 0 Å². The van der Waals surface area contributed by atoms with Gasteiger partial charge in [0.15, 0.2) is 0 Å². The van der Waals surface area contributed by atoms with Crippen LogP contribution < -0.4 is 0 Å². The van der Waals surface area contributed by atoms with Gasteiger partial charge in [-0.05, 0) is 37.7 Å². The SMILES string of the molecule is CCN(CC)CCN(Cc1ccccc1)Cc1ccc(C)o1. The molecule has 0 aliphatic heterocycles. The average molecular weight is 300 g/mol. The highest BCUT2D eigenvalue weighted by molar-refractivity contribution is 5.14. The molecule has 0 atom stereocenters. The standard InChI is InChI=1S/C19H28N2O/c1-4-20(5-2)13-14-21(15-18-9-7-6-8-10-18)16-19-12-11-17(3)22-19/h6-12H,4-5,13-16H2,1-3H3. The highest BCUT2D eigenvalue weighted by Gasteiger charge is 2.11. The maximum Gasteiger partial charge on any atom is 0.118 e. The van der Waals surface area contributed by atoms with Gasteiger partial charge < -0.3 is 9.32 Å². The quantitative estimate of drug-likeness (QED) is 0.699. The average Bonchev–Trinajstić information content (AvgIpc) is 2.94. The minimum atomic E-state index is 0.865. The molecule has 0 fully saturated rings. The summed E-state index contributed by atoms with van der Waals surface area (Å²) in [5.74, 6) is 2.03. The van der Waals surface area contributed by atoms with Crippen LogP contribution in [0.3, 0.4) is 0 Å². The molecule has 1 aromatic carbocycles. The van der Waals surface area contributed by atoms with E-state index in [9.17, 15) is 0 Å². The number of hydrogen-bond acceptors (Lipinski definition) is 3. The van der Waals surface area contributed by atoms with Crippen LogP contribution in [-0.4, -0.2) is 36.0 Å². The number of rotatable bonds is 9. The van der Waals surface area contributed by atoms with Gasteiger partial charge in [0.1, 0.15) is 11.5 Å². The monoisotopic (exact) mass is 300 g/mol. The van der Waals surface area contributed by atoms with E-state index in [1.807, 2.05) is 13.0 Å². The Bertz CT molecular complexity index is 531. The molecule has 3 heteroatoms. The van der Waals surface area contributed by atoms with E-state index in [0.717, 1.165) is 50.8 Å². The molecule has 22 heavy (non-hydrogen) atoms. The van der Waals surface area contributed by atoms with E-state index >= 15 is 0 Å². The number of nitrogens with zero attached hydrogens (tertiary/aromatic N) is 2. The molecule has 1 heterocycles. The molecule has 2 aromatic rings. The van der Waals surface area contributed by atoms with Gasteiger partial charge in [-0.2, -0.15) is 0 Å². The number of furan rings is 1. The molecule has 3 nitrogen and oxygen atoms in total. The Kier molecular flexibility index (Phi) is 6.69. The normalized spacial score (nSPS) is 11.5. The molecule has 2 rings (SSSR count). The highest BCUT2D eigenvalue weighted by Crippen LogP contribution is 2.12. The first-order valence-corrected chi connectivity index (χ1v) is 8.25. The summed E-state index contributed by atoms with van der Waals surface area (Å²) in [7, 11) is 0. The maximum absolute atomic E-state index is 5.76. The van der Waals surface area contributed by atoms with Crippen molar-refractivity contribution in [3.8, 4) is 0 Å². The van der Waals surface area contributed by atoms with Crippen molar-refractivity contribution >= 4 is 0 Å². The number of hydrogen-bond donors (Lipinski definition) is 0. The minimum absolute atomic E-state index is 0.865. The lowest BCUT2D eigenvalue weighted by Gasteiger charge is -2.25. The minimum Gasteiger partial charge on any atom is -0.465 e. The number of aryl methyl sites for hydroxylation is 1. The first-order chi connectivity index (χ1) is 10.7. The molecule has 0 saturated carbocycles. The van der Waals surface area contributed by atoms with E-state index in [1.165, 1.54) is 5.56 Å². The molecule has 0 radical (unpaired) electrons. The molecule has 0 amide bonds. The summed E-state index contributed by atoms with van der Waals surface area (Å²) in [6.45, 7) is 12.6. The van der Waals surface area contributed by atoms with Crippen molar-refractivity contribution in [3.63, 3.8) is 0 Å². The molecule has 0 saturated heterocycles. The van der Waals surface area contributed by atoms with Gasteiger partial charge >= 0.3 is 0 Å². The van der Waals surface area contributed by atoms with Crippen LogP contribution in [0.2, 0.25) is 0 Å². The van der Waals surface area contributed by atoms with Gasteiger partial charge in [-0.1, -0.05) is 44.2 Å². The van der Waals surface area contributed by atoms with E-state index in [-0.39, 0.29) is 0 Å². The molecule has 1 aromatic heterocycles. The lowest BCUT2D eigenvalue weighted by Crippen LogP contribution is -2.34. The van der Waals surface area contributed by atoms with Crippen molar-refractivity contribution in [2.24, 2.45) is 0 Å². The topological polar surface area (TPSA) is 19.6 Å². The summed E-state index contributed by atoms with van der Waals surface area (Å²) in [6.07, 6.45) is 0. The van der Waals surface area contributed by atoms with Crippen LogP contribution in [0.5, 0.6) is 0 Å². The fourth-order valence-electron chi connectivity index (χ4n) is 2.67. The van der Waals surface area contributed by atoms with Crippen molar-refractivity contribution in [2.45, 2.75) is 33.9 Å². The molecule has 0 unspecified atom stereocenters. The predicted octanol–water partition coefficient (Wildman–Crippen LogP) is 3.93. The van der Waals surface area contributed by atoms with Crippen molar-refractivity contribution in [3.05, 3.63) is 59.5 Å². The smallest absolute Gasteiger partial charge is 0.118 e. The predicted molar refractivity (Wildman–Crippen MR) is 91.8 cm³/mol. The van der Waals surface area contributed by atoms with Gasteiger partial charge in [-0.15, -0.1) is 0 Å². The summed E-state index contributed by atoms with van der Waals surface area (Å²) in [5.41, 5.74) is 1.35. The van der Waals surface area contributed by atoms with Gasteiger partial charge in [0.2, 0.25) is 0 Å². The van der Waals surface area contributed by atoms with Crippen LogP contribution in [-0.2, 0) is 13.1 Å². The lowest BCUT2D eigenvalue weighted by atomic mass is 10.2. The zero-order valence-electron chi connectivity index (χ0n) is 14.1. The van der Waals surface area contributed by atoms with E-state index in [4.69, 9.17) is 4.42 Å². The summed E-state index contributed by atoms with van der Waals surface area (Å²) < 4.78 is 5.76. The van der Waals surface area contributed by atoms with Crippen LogP contribution in [0.1, 0.15) is 30.9 Å². The number of benzene rings is 1. The molecular weight excluding hydrogens is 272 g/mol. The Hall–Kier alpha value is -1.58. The van der Waals surface area contributed by atoms with Crippen LogP contribution in [0.15, 0.2) is 46.9 Å². The zero-order chi connectivity index (χ0) is 15.8. The Morgan fingerprint density at radius 3 is 2.09 bits per heavy atom. The molecule has 0 spiro atoms. The Balaban J connectivity index is 1.99. The Morgan fingerprint density at radius 2 is 1.50 bits per heavy atom. The van der Waals surface area contributed by atoms with E-state index in [2.05, 4.69) is 60.0 Å². The van der Waals surface area contributed by atoms with Crippen molar-refractivity contribution < 1.29 is 4.42 Å². The van der Waals surface area contributed by atoms with Crippen LogP contribution in [0.25, 0.3) is 0 Å². The first kappa shape index (κ1) is 16.8. The fraction of sp³-hybridized carbons (Fsp3) is 0.474. The van der Waals surface area contributed by atoms with E-state index < -0.39 is 0 Å². The Morgan fingerprint density at radius 1 is 0.818 bits per heavy atom. The van der Waals surface area contributed by atoms with Crippen LogP contribution in [0, 0.1) is 6.92 Å². The van der Waals surface area contributed by atoms with Crippen LogP contribution >= 0.6 is 0 Å². The number of likely N-dealkylation sites (N-methyl/N-ethyl adjacent to an activating group) is 1. The third kappa shape index (κ3) is 5.32. The van der Waals surface area contributed by atoms with Crippen molar-refractivity contribution in [2.75, 3.05) is 26.2 Å². The van der Waals surface area contributed by atoms with Gasteiger partial charge in [0, 0.05) is 19.6 Å². The molecular formula is C19H28N2O. The fourth-order valence-corrected chi connectivity index (χ4v) is 2.67. The third-order valence-corrected chi connectivity index (χ3v) is 4.05. The molecule has 0 aliphatic rings. The van der Waals surface area contributed by atoms with Gasteiger partial charge in [0.25, 0.3) is 0 Å². The first-order valence-electron chi connectivity index (χ1n) is 8.25. The second-order valence-electron chi connectivity index (χ2n) is 5.74. The third-order valence-electron chi connectivity index (χ3n) is 4.05.